The summed E-state index contributed by atoms with van der Waals surface area (Å²) in [7, 11) is 0. The van der Waals surface area contributed by atoms with Gasteiger partial charge in [0.2, 0.25) is 0 Å². The van der Waals surface area contributed by atoms with Crippen molar-refractivity contribution in [3.8, 4) is 0 Å². The lowest BCUT2D eigenvalue weighted by molar-refractivity contribution is -0.157. The molecular weight excluding hydrogens is 344 g/mol. The predicted octanol–water partition coefficient (Wildman–Crippen LogP) is 4.32. The third kappa shape index (κ3) is 5.50. The molecule has 0 aromatic rings. The van der Waals surface area contributed by atoms with Gasteiger partial charge in [0.15, 0.2) is 5.78 Å². The molecule has 2 aliphatic rings. The van der Waals surface area contributed by atoms with Crippen LogP contribution in [-0.4, -0.2) is 34.8 Å². The molecule has 0 spiro atoms. The van der Waals surface area contributed by atoms with Gasteiger partial charge in [0, 0.05) is 19.3 Å². The molecule has 1 aliphatic heterocycles. The number of ether oxygens (including phenoxy) is 2. The van der Waals surface area contributed by atoms with Crippen LogP contribution in [0.15, 0.2) is 11.1 Å². The molecule has 5 nitrogen and oxygen atoms in total. The van der Waals surface area contributed by atoms with Crippen LogP contribution in [0.25, 0.3) is 0 Å². The highest BCUT2D eigenvalue weighted by Gasteiger charge is 2.56. The van der Waals surface area contributed by atoms with E-state index in [0.29, 0.717) is 25.7 Å². The van der Waals surface area contributed by atoms with Crippen LogP contribution in [0.3, 0.4) is 0 Å². The van der Waals surface area contributed by atoms with E-state index in [1.807, 2.05) is 34.6 Å². The summed E-state index contributed by atoms with van der Waals surface area (Å²) in [6.07, 6.45) is 3.96. The van der Waals surface area contributed by atoms with E-state index in [9.17, 15) is 14.4 Å². The fourth-order valence-electron chi connectivity index (χ4n) is 4.05. The van der Waals surface area contributed by atoms with Crippen molar-refractivity contribution in [1.29, 1.82) is 0 Å². The first-order valence-electron chi connectivity index (χ1n) is 10.1. The lowest BCUT2D eigenvalue weighted by Crippen LogP contribution is -2.33. The summed E-state index contributed by atoms with van der Waals surface area (Å²) in [5.74, 6) is -0.118. The Bertz CT molecular complexity index is 645. The standard InChI is InChI=1S/C22H34O5/c1-14(2)17-9-12-21(5,26-16(4)23)13-10-18(24)15(3)8-7-11-22(6)20(27-22)19(17)25/h15,20H,7-13H2,1-6H3. The van der Waals surface area contributed by atoms with Gasteiger partial charge in [-0.1, -0.05) is 12.5 Å². The molecule has 2 fully saturated rings. The number of Topliss-reactive ketones (excluding diaryl/α,β-unsaturated/α-hetero) is 2. The predicted molar refractivity (Wildman–Crippen MR) is 103 cm³/mol. The molecule has 4 unspecified atom stereocenters. The monoisotopic (exact) mass is 378 g/mol. The van der Waals surface area contributed by atoms with Crippen molar-refractivity contribution >= 4 is 17.5 Å². The van der Waals surface area contributed by atoms with Gasteiger partial charge in [0.25, 0.3) is 0 Å². The Morgan fingerprint density at radius 1 is 1.07 bits per heavy atom. The highest BCUT2D eigenvalue weighted by atomic mass is 16.6. The summed E-state index contributed by atoms with van der Waals surface area (Å²) in [5.41, 5.74) is 0.572. The van der Waals surface area contributed by atoms with Crippen LogP contribution in [-0.2, 0) is 23.9 Å². The van der Waals surface area contributed by atoms with Gasteiger partial charge in [-0.3, -0.25) is 14.4 Å². The fourth-order valence-corrected chi connectivity index (χ4v) is 4.05. The Kier molecular flexibility index (Phi) is 6.67. The number of carbonyl (C=O) groups excluding carboxylic acids is 3. The molecule has 0 aromatic carbocycles. The molecule has 0 N–H and O–H groups in total. The van der Waals surface area contributed by atoms with E-state index < -0.39 is 17.3 Å². The van der Waals surface area contributed by atoms with Crippen LogP contribution in [0, 0.1) is 5.92 Å². The SMILES string of the molecule is CC(=O)OC1(C)CCC(=O)C(C)CCCC2(C)OC2C(=O)C(=C(C)C)CC1. The van der Waals surface area contributed by atoms with Crippen LogP contribution in [0.4, 0.5) is 0 Å². The van der Waals surface area contributed by atoms with E-state index in [1.54, 1.807) is 0 Å². The van der Waals surface area contributed by atoms with Gasteiger partial charge < -0.3 is 9.47 Å². The number of esters is 1. The van der Waals surface area contributed by atoms with E-state index in [0.717, 1.165) is 30.4 Å². The van der Waals surface area contributed by atoms with Gasteiger partial charge in [0.05, 0.1) is 0 Å². The number of ketones is 2. The molecule has 2 rings (SSSR count). The topological polar surface area (TPSA) is 73.0 Å². The number of rotatable bonds is 1. The second-order valence-corrected chi connectivity index (χ2v) is 8.96. The minimum atomic E-state index is -0.750. The van der Waals surface area contributed by atoms with Crippen LogP contribution in [0.1, 0.15) is 86.5 Å². The number of epoxide rings is 1. The Hall–Kier alpha value is -1.49. The highest BCUT2D eigenvalue weighted by molar-refractivity contribution is 6.01. The second kappa shape index (κ2) is 8.26. The smallest absolute Gasteiger partial charge is 0.303 e. The van der Waals surface area contributed by atoms with E-state index >= 15 is 0 Å². The molecule has 1 saturated carbocycles. The molecule has 0 radical (unpaired) electrons. The summed E-state index contributed by atoms with van der Waals surface area (Å²) in [4.78, 5) is 37.1. The minimum Gasteiger partial charge on any atom is -0.460 e. The fraction of sp³-hybridized carbons (Fsp3) is 0.773. The van der Waals surface area contributed by atoms with Crippen LogP contribution >= 0.6 is 0 Å². The average Bonchev–Trinajstić information content (AvgIpc) is 3.22. The quantitative estimate of drug-likeness (QED) is 0.386. The van der Waals surface area contributed by atoms with Crippen molar-refractivity contribution < 1.29 is 23.9 Å². The van der Waals surface area contributed by atoms with Crippen LogP contribution in [0.5, 0.6) is 0 Å². The summed E-state index contributed by atoms with van der Waals surface area (Å²) >= 11 is 0. The molecule has 1 heterocycles. The molecule has 5 heteroatoms. The summed E-state index contributed by atoms with van der Waals surface area (Å²) in [6.45, 7) is 11.1. The van der Waals surface area contributed by atoms with Crippen molar-refractivity contribution in [3.05, 3.63) is 11.1 Å². The van der Waals surface area contributed by atoms with E-state index in [1.165, 1.54) is 6.92 Å². The number of hydrogen-bond donors (Lipinski definition) is 0. The van der Waals surface area contributed by atoms with Crippen molar-refractivity contribution in [1.82, 2.24) is 0 Å². The van der Waals surface area contributed by atoms with Crippen molar-refractivity contribution in [2.45, 2.75) is 104 Å². The van der Waals surface area contributed by atoms with Gasteiger partial charge >= 0.3 is 5.97 Å². The van der Waals surface area contributed by atoms with Gasteiger partial charge in [0.1, 0.15) is 23.1 Å². The van der Waals surface area contributed by atoms with E-state index in [4.69, 9.17) is 9.47 Å². The summed E-state index contributed by atoms with van der Waals surface area (Å²) < 4.78 is 11.4. The van der Waals surface area contributed by atoms with E-state index in [-0.39, 0.29) is 23.5 Å². The molecule has 4 atom stereocenters. The minimum absolute atomic E-state index is 0.0284. The first-order valence-corrected chi connectivity index (χ1v) is 10.1. The van der Waals surface area contributed by atoms with Gasteiger partial charge in [-0.05, 0) is 71.8 Å². The lowest BCUT2D eigenvalue weighted by atomic mass is 9.84. The highest BCUT2D eigenvalue weighted by Crippen LogP contribution is 2.44. The zero-order chi connectivity index (χ0) is 20.4. The molecule has 1 aliphatic carbocycles. The Morgan fingerprint density at radius 2 is 1.70 bits per heavy atom. The summed E-state index contributed by atoms with van der Waals surface area (Å²) in [5, 5.41) is 0. The largest absolute Gasteiger partial charge is 0.460 e. The van der Waals surface area contributed by atoms with Gasteiger partial charge in [-0.2, -0.15) is 0 Å². The van der Waals surface area contributed by atoms with E-state index in [2.05, 4.69) is 0 Å². The van der Waals surface area contributed by atoms with Gasteiger partial charge in [-0.25, -0.2) is 0 Å². The number of fused-ring (bicyclic) bond motifs is 1. The molecular formula is C22H34O5. The zero-order valence-corrected chi connectivity index (χ0v) is 17.6. The Balaban J connectivity index is 2.26. The number of hydrogen-bond acceptors (Lipinski definition) is 5. The average molecular weight is 379 g/mol. The molecule has 27 heavy (non-hydrogen) atoms. The van der Waals surface area contributed by atoms with Crippen molar-refractivity contribution in [3.63, 3.8) is 0 Å². The second-order valence-electron chi connectivity index (χ2n) is 8.96. The molecule has 152 valence electrons. The summed E-state index contributed by atoms with van der Waals surface area (Å²) in [6, 6.07) is 0. The maximum atomic E-state index is 13.0. The van der Waals surface area contributed by atoms with Crippen LogP contribution in [0.2, 0.25) is 0 Å². The Morgan fingerprint density at radius 3 is 2.30 bits per heavy atom. The lowest BCUT2D eigenvalue weighted by Gasteiger charge is -2.30. The van der Waals surface area contributed by atoms with Crippen molar-refractivity contribution in [2.75, 3.05) is 0 Å². The maximum absolute atomic E-state index is 13.0. The number of carbonyl (C=O) groups is 3. The van der Waals surface area contributed by atoms with Gasteiger partial charge in [-0.15, -0.1) is 0 Å². The molecule has 0 bridgehead atoms. The molecule has 1 saturated heterocycles. The first-order chi connectivity index (χ1) is 12.5. The zero-order valence-electron chi connectivity index (χ0n) is 17.6. The van der Waals surface area contributed by atoms with Crippen molar-refractivity contribution in [2.24, 2.45) is 5.92 Å². The third-order valence-corrected chi connectivity index (χ3v) is 6.08. The normalized spacial score (nSPS) is 35.9. The molecule has 0 amide bonds. The maximum Gasteiger partial charge on any atom is 0.303 e. The molecule has 0 aromatic heterocycles. The third-order valence-electron chi connectivity index (χ3n) is 6.08. The first kappa shape index (κ1) is 21.8. The van der Waals surface area contributed by atoms with Crippen LogP contribution < -0.4 is 0 Å². The number of allylic oxidation sites excluding steroid dienone is 1. The Labute approximate surface area is 162 Å².